The van der Waals surface area contributed by atoms with Crippen LogP contribution in [0.2, 0.25) is 0 Å². The number of nitrogens with zero attached hydrogens (tertiary/aromatic N) is 2. The molecule has 0 atom stereocenters. The molecule has 2 aromatic rings. The normalized spacial score (nSPS) is 14.3. The summed E-state index contributed by atoms with van der Waals surface area (Å²) in [6.07, 6.45) is 8.55. The van der Waals surface area contributed by atoms with Crippen molar-refractivity contribution in [2.45, 2.75) is 12.8 Å². The number of aromatic nitrogens is 2. The zero-order valence-electron chi connectivity index (χ0n) is 7.68. The van der Waals surface area contributed by atoms with Crippen molar-refractivity contribution in [3.05, 3.63) is 41.0 Å². The molecule has 2 heterocycles. The highest BCUT2D eigenvalue weighted by molar-refractivity contribution is 7.12. The minimum absolute atomic E-state index is 1.10. The lowest BCUT2D eigenvalue weighted by Crippen LogP contribution is -2.02. The van der Waals surface area contributed by atoms with Crippen molar-refractivity contribution in [2.75, 3.05) is 0 Å². The van der Waals surface area contributed by atoms with E-state index in [0.29, 0.717) is 0 Å². The number of allylic oxidation sites excluding steroid dienone is 1. The van der Waals surface area contributed by atoms with Gasteiger partial charge in [-0.3, -0.25) is 0 Å². The van der Waals surface area contributed by atoms with Crippen LogP contribution in [0.15, 0.2) is 29.8 Å². The molecule has 0 spiro atoms. The van der Waals surface area contributed by atoms with E-state index < -0.39 is 0 Å². The Morgan fingerprint density at radius 1 is 1.43 bits per heavy atom. The van der Waals surface area contributed by atoms with Gasteiger partial charge in [-0.15, -0.1) is 11.3 Å². The van der Waals surface area contributed by atoms with E-state index in [1.807, 2.05) is 6.20 Å². The molecule has 70 valence electrons. The van der Waals surface area contributed by atoms with Crippen LogP contribution in [0.1, 0.15) is 17.7 Å². The van der Waals surface area contributed by atoms with Gasteiger partial charge in [0.25, 0.3) is 0 Å². The predicted molar refractivity (Wildman–Crippen MR) is 58.8 cm³/mol. The summed E-state index contributed by atoms with van der Waals surface area (Å²) in [4.78, 5) is 0. The molecule has 0 radical (unpaired) electrons. The monoisotopic (exact) mass is 202 g/mol. The van der Waals surface area contributed by atoms with E-state index in [1.165, 1.54) is 16.3 Å². The first-order valence-corrected chi connectivity index (χ1v) is 5.60. The largest absolute Gasteiger partial charge is 0.227 e. The average Bonchev–Trinajstić information content (AvgIpc) is 2.85. The molecule has 1 aliphatic rings. The molecule has 3 rings (SSSR count). The molecule has 0 saturated carbocycles. The summed E-state index contributed by atoms with van der Waals surface area (Å²) in [5.41, 5.74) is 2.61. The predicted octanol–water partition coefficient (Wildman–Crippen LogP) is 2.89. The van der Waals surface area contributed by atoms with E-state index in [2.05, 4.69) is 39.4 Å². The SMILES string of the molecule is C1=Cc2cnn(-c3cccs3)c2CC1. The van der Waals surface area contributed by atoms with Gasteiger partial charge in [-0.05, 0) is 30.4 Å². The summed E-state index contributed by atoms with van der Waals surface area (Å²) in [7, 11) is 0. The van der Waals surface area contributed by atoms with Crippen molar-refractivity contribution in [1.82, 2.24) is 9.78 Å². The molecule has 0 fully saturated rings. The Balaban J connectivity index is 2.16. The van der Waals surface area contributed by atoms with E-state index in [-0.39, 0.29) is 0 Å². The third-order valence-electron chi connectivity index (χ3n) is 2.46. The van der Waals surface area contributed by atoms with Gasteiger partial charge in [0, 0.05) is 5.56 Å². The van der Waals surface area contributed by atoms with Crippen molar-refractivity contribution in [3.8, 4) is 5.00 Å². The maximum atomic E-state index is 4.42. The summed E-state index contributed by atoms with van der Waals surface area (Å²) in [6, 6.07) is 4.17. The molecule has 2 nitrogen and oxygen atoms in total. The maximum Gasteiger partial charge on any atom is 0.117 e. The molecule has 0 unspecified atom stereocenters. The van der Waals surface area contributed by atoms with Gasteiger partial charge in [0.15, 0.2) is 0 Å². The molecule has 0 aliphatic heterocycles. The highest BCUT2D eigenvalue weighted by atomic mass is 32.1. The van der Waals surface area contributed by atoms with Crippen LogP contribution in [0.3, 0.4) is 0 Å². The second kappa shape index (κ2) is 3.10. The number of rotatable bonds is 1. The van der Waals surface area contributed by atoms with Crippen molar-refractivity contribution < 1.29 is 0 Å². The second-order valence-electron chi connectivity index (χ2n) is 3.35. The molecule has 0 aromatic carbocycles. The van der Waals surface area contributed by atoms with Crippen molar-refractivity contribution in [3.63, 3.8) is 0 Å². The Bertz CT molecular complexity index is 465. The minimum atomic E-state index is 1.10. The third-order valence-corrected chi connectivity index (χ3v) is 3.31. The van der Waals surface area contributed by atoms with Crippen molar-refractivity contribution >= 4 is 17.4 Å². The highest BCUT2D eigenvalue weighted by Gasteiger charge is 2.12. The third kappa shape index (κ3) is 1.13. The fourth-order valence-electron chi connectivity index (χ4n) is 1.79. The molecule has 1 aliphatic carbocycles. The lowest BCUT2D eigenvalue weighted by atomic mass is 10.1. The number of hydrogen-bond acceptors (Lipinski definition) is 2. The first-order valence-electron chi connectivity index (χ1n) is 4.72. The zero-order chi connectivity index (χ0) is 9.38. The molecule has 0 bridgehead atoms. The summed E-state index contributed by atoms with van der Waals surface area (Å²) >= 11 is 1.73. The molecule has 14 heavy (non-hydrogen) atoms. The van der Waals surface area contributed by atoms with Gasteiger partial charge in [-0.2, -0.15) is 5.10 Å². The standard InChI is InChI=1S/C11H10N2S/c1-2-5-10-9(4-1)8-12-13(10)11-6-3-7-14-11/h1,3-4,6-8H,2,5H2. The Hall–Kier alpha value is -1.35. The number of hydrogen-bond donors (Lipinski definition) is 0. The van der Waals surface area contributed by atoms with Gasteiger partial charge in [0.2, 0.25) is 0 Å². The van der Waals surface area contributed by atoms with Gasteiger partial charge >= 0.3 is 0 Å². The summed E-state index contributed by atoms with van der Waals surface area (Å²) < 4.78 is 2.06. The minimum Gasteiger partial charge on any atom is -0.227 e. The van der Waals surface area contributed by atoms with Crippen LogP contribution in [0, 0.1) is 0 Å². The van der Waals surface area contributed by atoms with Crippen molar-refractivity contribution in [1.29, 1.82) is 0 Å². The highest BCUT2D eigenvalue weighted by Crippen LogP contribution is 2.23. The molecule has 3 heteroatoms. The Labute approximate surface area is 86.5 Å². The summed E-state index contributed by atoms with van der Waals surface area (Å²) in [5, 5.41) is 7.71. The van der Waals surface area contributed by atoms with Crippen molar-refractivity contribution in [2.24, 2.45) is 0 Å². The van der Waals surface area contributed by atoms with Crippen LogP contribution >= 0.6 is 11.3 Å². The molecule has 0 N–H and O–H groups in total. The van der Waals surface area contributed by atoms with E-state index in [1.54, 1.807) is 11.3 Å². The Morgan fingerprint density at radius 3 is 3.29 bits per heavy atom. The molecule has 0 amide bonds. The summed E-state index contributed by atoms with van der Waals surface area (Å²) in [6.45, 7) is 0. The second-order valence-corrected chi connectivity index (χ2v) is 4.28. The van der Waals surface area contributed by atoms with E-state index in [0.717, 1.165) is 12.8 Å². The van der Waals surface area contributed by atoms with Gasteiger partial charge < -0.3 is 0 Å². The Kier molecular flexibility index (Phi) is 1.77. The maximum absolute atomic E-state index is 4.42. The average molecular weight is 202 g/mol. The van der Waals surface area contributed by atoms with E-state index in [4.69, 9.17) is 0 Å². The van der Waals surface area contributed by atoms with Gasteiger partial charge in [-0.25, -0.2) is 4.68 Å². The molecule has 0 saturated heterocycles. The van der Waals surface area contributed by atoms with Crippen LogP contribution in [0.25, 0.3) is 11.1 Å². The van der Waals surface area contributed by atoms with Gasteiger partial charge in [0.05, 0.1) is 11.9 Å². The van der Waals surface area contributed by atoms with Crippen LogP contribution in [0.5, 0.6) is 0 Å². The first kappa shape index (κ1) is 8.00. The first-order chi connectivity index (χ1) is 6.95. The van der Waals surface area contributed by atoms with E-state index >= 15 is 0 Å². The van der Waals surface area contributed by atoms with E-state index in [9.17, 15) is 0 Å². The number of fused-ring (bicyclic) bond motifs is 1. The molecular weight excluding hydrogens is 192 g/mol. The fraction of sp³-hybridized carbons (Fsp3) is 0.182. The zero-order valence-corrected chi connectivity index (χ0v) is 8.50. The smallest absolute Gasteiger partial charge is 0.117 e. The lowest BCUT2D eigenvalue weighted by Gasteiger charge is -2.07. The number of thiophene rings is 1. The fourth-order valence-corrected chi connectivity index (χ4v) is 2.50. The van der Waals surface area contributed by atoms with Gasteiger partial charge in [0.1, 0.15) is 5.00 Å². The van der Waals surface area contributed by atoms with Crippen LogP contribution in [-0.4, -0.2) is 9.78 Å². The topological polar surface area (TPSA) is 17.8 Å². The summed E-state index contributed by atoms with van der Waals surface area (Å²) in [5.74, 6) is 0. The molecular formula is C11H10N2S. The van der Waals surface area contributed by atoms with Crippen LogP contribution in [0.4, 0.5) is 0 Å². The van der Waals surface area contributed by atoms with Crippen LogP contribution in [-0.2, 0) is 6.42 Å². The Morgan fingerprint density at radius 2 is 2.43 bits per heavy atom. The molecule has 2 aromatic heterocycles. The quantitative estimate of drug-likeness (QED) is 0.695. The lowest BCUT2D eigenvalue weighted by molar-refractivity contribution is 0.800. The van der Waals surface area contributed by atoms with Gasteiger partial charge in [-0.1, -0.05) is 12.2 Å². The van der Waals surface area contributed by atoms with Crippen LogP contribution < -0.4 is 0 Å².